The van der Waals surface area contributed by atoms with Gasteiger partial charge in [-0.05, 0) is 12.3 Å². The van der Waals surface area contributed by atoms with Gasteiger partial charge in [-0.15, -0.1) is 0 Å². The molecule has 0 saturated heterocycles. The van der Waals surface area contributed by atoms with Crippen LogP contribution < -0.4 is 16.8 Å². The third-order valence-electron chi connectivity index (χ3n) is 2.27. The molecule has 0 spiro atoms. The number of hydrogen-bond acceptors (Lipinski definition) is 3. The summed E-state index contributed by atoms with van der Waals surface area (Å²) < 4.78 is 0. The van der Waals surface area contributed by atoms with Crippen molar-refractivity contribution in [1.29, 1.82) is 0 Å². The number of nitrogens with one attached hydrogen (secondary N) is 1. The molecule has 1 unspecified atom stereocenters. The summed E-state index contributed by atoms with van der Waals surface area (Å²) in [5.74, 6) is -0.168. The van der Waals surface area contributed by atoms with Crippen LogP contribution in [0, 0.1) is 5.92 Å². The second-order valence-corrected chi connectivity index (χ2v) is 4.46. The van der Waals surface area contributed by atoms with Gasteiger partial charge in [0.25, 0.3) is 0 Å². The first-order valence-electron chi connectivity index (χ1n) is 5.75. The standard InChI is InChI=1S/C11H23N3O2/c1-8(2)5-3-4-6-14-11(16)9(12)7-10(13)15/h8-9H,3-7,12H2,1-2H3,(H2,13,15)(H,14,16). The molecule has 0 aromatic carbocycles. The molecule has 0 rings (SSSR count). The molecular weight excluding hydrogens is 206 g/mol. The van der Waals surface area contributed by atoms with Gasteiger partial charge in [0.2, 0.25) is 11.8 Å². The fourth-order valence-corrected chi connectivity index (χ4v) is 1.33. The fraction of sp³-hybridized carbons (Fsp3) is 0.818. The summed E-state index contributed by atoms with van der Waals surface area (Å²) in [5, 5.41) is 2.69. The maximum Gasteiger partial charge on any atom is 0.237 e. The van der Waals surface area contributed by atoms with Crippen LogP contribution in [0.15, 0.2) is 0 Å². The number of rotatable bonds is 8. The van der Waals surface area contributed by atoms with E-state index in [-0.39, 0.29) is 12.3 Å². The molecule has 94 valence electrons. The molecule has 0 aliphatic carbocycles. The summed E-state index contributed by atoms with van der Waals surface area (Å²) in [6.07, 6.45) is 3.08. The van der Waals surface area contributed by atoms with Gasteiger partial charge in [0, 0.05) is 6.54 Å². The van der Waals surface area contributed by atoms with Crippen molar-refractivity contribution in [3.05, 3.63) is 0 Å². The normalized spacial score (nSPS) is 12.5. The Kier molecular flexibility index (Phi) is 7.54. The van der Waals surface area contributed by atoms with Gasteiger partial charge in [-0.3, -0.25) is 9.59 Å². The molecule has 5 heteroatoms. The SMILES string of the molecule is CC(C)CCCCNC(=O)C(N)CC(N)=O. The highest BCUT2D eigenvalue weighted by Crippen LogP contribution is 2.05. The highest BCUT2D eigenvalue weighted by Gasteiger charge is 2.14. The van der Waals surface area contributed by atoms with E-state index in [1.807, 2.05) is 0 Å². The Morgan fingerprint density at radius 1 is 1.25 bits per heavy atom. The first-order chi connectivity index (χ1) is 7.43. The molecule has 0 saturated carbocycles. The van der Waals surface area contributed by atoms with Gasteiger partial charge in [-0.25, -0.2) is 0 Å². The summed E-state index contributed by atoms with van der Waals surface area (Å²) in [4.78, 5) is 21.9. The highest BCUT2D eigenvalue weighted by molar-refractivity contribution is 5.87. The molecular formula is C11H23N3O2. The molecule has 0 fully saturated rings. The summed E-state index contributed by atoms with van der Waals surface area (Å²) in [5.41, 5.74) is 10.4. The van der Waals surface area contributed by atoms with Crippen LogP contribution in [0.1, 0.15) is 39.5 Å². The van der Waals surface area contributed by atoms with E-state index in [0.29, 0.717) is 12.5 Å². The maximum absolute atomic E-state index is 11.3. The summed E-state index contributed by atoms with van der Waals surface area (Å²) in [6.45, 7) is 4.95. The number of carbonyl (C=O) groups excluding carboxylic acids is 2. The zero-order valence-corrected chi connectivity index (χ0v) is 10.2. The van der Waals surface area contributed by atoms with Crippen LogP contribution in [0.4, 0.5) is 0 Å². The van der Waals surface area contributed by atoms with Crippen molar-refractivity contribution < 1.29 is 9.59 Å². The third kappa shape index (κ3) is 8.23. The quantitative estimate of drug-likeness (QED) is 0.516. The van der Waals surface area contributed by atoms with Gasteiger partial charge >= 0.3 is 0 Å². The van der Waals surface area contributed by atoms with Crippen molar-refractivity contribution in [3.8, 4) is 0 Å². The average Bonchev–Trinajstić information content (AvgIpc) is 2.15. The van der Waals surface area contributed by atoms with Crippen molar-refractivity contribution in [2.75, 3.05) is 6.54 Å². The van der Waals surface area contributed by atoms with E-state index in [4.69, 9.17) is 11.5 Å². The Hall–Kier alpha value is -1.10. The van der Waals surface area contributed by atoms with Crippen molar-refractivity contribution in [2.24, 2.45) is 17.4 Å². The molecule has 0 aliphatic rings. The highest BCUT2D eigenvalue weighted by atomic mass is 16.2. The molecule has 0 radical (unpaired) electrons. The van der Waals surface area contributed by atoms with Crippen molar-refractivity contribution in [3.63, 3.8) is 0 Å². The van der Waals surface area contributed by atoms with E-state index < -0.39 is 11.9 Å². The van der Waals surface area contributed by atoms with Crippen LogP contribution >= 0.6 is 0 Å². The third-order valence-corrected chi connectivity index (χ3v) is 2.27. The summed E-state index contributed by atoms with van der Waals surface area (Å²) in [7, 11) is 0. The minimum Gasteiger partial charge on any atom is -0.370 e. The molecule has 0 aromatic rings. The molecule has 0 aromatic heterocycles. The van der Waals surface area contributed by atoms with E-state index in [1.54, 1.807) is 0 Å². The predicted octanol–water partition coefficient (Wildman–Crippen LogP) is 0.132. The average molecular weight is 229 g/mol. The number of primary amides is 1. The van der Waals surface area contributed by atoms with Crippen molar-refractivity contribution in [2.45, 2.75) is 45.6 Å². The largest absolute Gasteiger partial charge is 0.370 e. The Morgan fingerprint density at radius 2 is 1.88 bits per heavy atom. The van der Waals surface area contributed by atoms with E-state index in [2.05, 4.69) is 19.2 Å². The Balaban J connectivity index is 3.53. The first-order valence-corrected chi connectivity index (χ1v) is 5.75. The topological polar surface area (TPSA) is 98.2 Å². The number of amides is 2. The van der Waals surface area contributed by atoms with Crippen LogP contribution in [-0.2, 0) is 9.59 Å². The summed E-state index contributed by atoms with van der Waals surface area (Å²) >= 11 is 0. The second kappa shape index (κ2) is 8.10. The zero-order chi connectivity index (χ0) is 12.6. The fourth-order valence-electron chi connectivity index (χ4n) is 1.33. The van der Waals surface area contributed by atoms with Crippen LogP contribution in [0.2, 0.25) is 0 Å². The maximum atomic E-state index is 11.3. The van der Waals surface area contributed by atoms with E-state index in [1.165, 1.54) is 0 Å². The smallest absolute Gasteiger partial charge is 0.237 e. The van der Waals surface area contributed by atoms with Crippen molar-refractivity contribution in [1.82, 2.24) is 5.32 Å². The Labute approximate surface area is 96.9 Å². The lowest BCUT2D eigenvalue weighted by Crippen LogP contribution is -2.43. The van der Waals surface area contributed by atoms with Crippen LogP contribution in [0.25, 0.3) is 0 Å². The first kappa shape index (κ1) is 14.9. The molecule has 5 N–H and O–H groups in total. The van der Waals surface area contributed by atoms with Gasteiger partial charge in [-0.2, -0.15) is 0 Å². The molecule has 16 heavy (non-hydrogen) atoms. The lowest BCUT2D eigenvalue weighted by Gasteiger charge is -2.10. The lowest BCUT2D eigenvalue weighted by atomic mass is 10.1. The zero-order valence-electron chi connectivity index (χ0n) is 10.2. The van der Waals surface area contributed by atoms with Crippen LogP contribution in [-0.4, -0.2) is 24.4 Å². The Morgan fingerprint density at radius 3 is 2.38 bits per heavy atom. The Bertz CT molecular complexity index is 229. The van der Waals surface area contributed by atoms with Gasteiger partial charge in [-0.1, -0.05) is 26.7 Å². The number of nitrogens with two attached hydrogens (primary N) is 2. The van der Waals surface area contributed by atoms with Gasteiger partial charge in [0.05, 0.1) is 12.5 Å². The number of carbonyl (C=O) groups is 2. The second-order valence-electron chi connectivity index (χ2n) is 4.46. The van der Waals surface area contributed by atoms with E-state index >= 15 is 0 Å². The monoisotopic (exact) mass is 229 g/mol. The predicted molar refractivity (Wildman–Crippen MR) is 63.5 cm³/mol. The molecule has 0 aliphatic heterocycles. The van der Waals surface area contributed by atoms with Gasteiger partial charge in [0.1, 0.15) is 0 Å². The van der Waals surface area contributed by atoms with Crippen LogP contribution in [0.5, 0.6) is 0 Å². The lowest BCUT2D eigenvalue weighted by molar-refractivity contribution is -0.126. The van der Waals surface area contributed by atoms with Gasteiger partial charge < -0.3 is 16.8 Å². The molecule has 1 atom stereocenters. The number of hydrogen-bond donors (Lipinski definition) is 3. The minimum absolute atomic E-state index is 0.0994. The molecule has 2 amide bonds. The molecule has 0 heterocycles. The van der Waals surface area contributed by atoms with E-state index in [0.717, 1.165) is 19.3 Å². The van der Waals surface area contributed by atoms with Crippen molar-refractivity contribution >= 4 is 11.8 Å². The van der Waals surface area contributed by atoms with E-state index in [9.17, 15) is 9.59 Å². The molecule has 5 nitrogen and oxygen atoms in total. The molecule has 0 bridgehead atoms. The minimum atomic E-state index is -0.817. The van der Waals surface area contributed by atoms with Gasteiger partial charge in [0.15, 0.2) is 0 Å². The number of unbranched alkanes of at least 4 members (excludes halogenated alkanes) is 1. The van der Waals surface area contributed by atoms with Crippen LogP contribution in [0.3, 0.4) is 0 Å². The summed E-state index contributed by atoms with van der Waals surface area (Å²) in [6, 6.07) is -0.817.